The lowest BCUT2D eigenvalue weighted by atomic mass is 10.2. The van der Waals surface area contributed by atoms with E-state index in [1.165, 1.54) is 0 Å². The van der Waals surface area contributed by atoms with Crippen molar-refractivity contribution >= 4 is 0 Å². The highest BCUT2D eigenvalue weighted by Gasteiger charge is 2.02. The molecule has 1 N–H and O–H groups in total. The van der Waals surface area contributed by atoms with E-state index < -0.39 is 0 Å². The fraction of sp³-hybridized carbons (Fsp3) is 0.615. The third-order valence-electron chi connectivity index (χ3n) is 2.35. The van der Waals surface area contributed by atoms with E-state index >= 15 is 0 Å². The molecule has 0 atom stereocenters. The minimum absolute atomic E-state index is 0.522. The predicted molar refractivity (Wildman–Crippen MR) is 69.8 cm³/mol. The van der Waals surface area contributed by atoms with Crippen LogP contribution in [0.1, 0.15) is 12.5 Å². The molecule has 0 amide bonds. The van der Waals surface area contributed by atoms with Crippen molar-refractivity contribution in [2.75, 3.05) is 40.1 Å². The van der Waals surface area contributed by atoms with Gasteiger partial charge in [-0.25, -0.2) is 0 Å². The standard InChI is InChI=1S/C13H22N2O3/c1-3-14-10-12-4-5-15-11-13(12)18-9-8-17-7-6-16-2/h4-5,11,14H,3,6-10H2,1-2H3. The van der Waals surface area contributed by atoms with Gasteiger partial charge in [-0.05, 0) is 12.6 Å². The van der Waals surface area contributed by atoms with E-state index in [1.54, 1.807) is 19.5 Å². The Kier molecular flexibility index (Phi) is 8.12. The van der Waals surface area contributed by atoms with Gasteiger partial charge >= 0.3 is 0 Å². The van der Waals surface area contributed by atoms with Gasteiger partial charge in [-0.2, -0.15) is 0 Å². The zero-order valence-electron chi connectivity index (χ0n) is 11.1. The van der Waals surface area contributed by atoms with Crippen molar-refractivity contribution in [1.82, 2.24) is 10.3 Å². The summed E-state index contributed by atoms with van der Waals surface area (Å²) in [6.07, 6.45) is 3.51. The van der Waals surface area contributed by atoms with E-state index in [4.69, 9.17) is 14.2 Å². The summed E-state index contributed by atoms with van der Waals surface area (Å²) in [6.45, 7) is 6.08. The van der Waals surface area contributed by atoms with Crippen LogP contribution in [0.3, 0.4) is 0 Å². The van der Waals surface area contributed by atoms with E-state index in [0.29, 0.717) is 26.4 Å². The molecule has 0 aliphatic rings. The van der Waals surface area contributed by atoms with E-state index in [2.05, 4.69) is 17.2 Å². The summed E-state index contributed by atoms with van der Waals surface area (Å²) in [5.74, 6) is 0.814. The number of rotatable bonds is 10. The van der Waals surface area contributed by atoms with Crippen molar-refractivity contribution in [1.29, 1.82) is 0 Å². The maximum atomic E-state index is 5.65. The first-order valence-electron chi connectivity index (χ1n) is 6.21. The van der Waals surface area contributed by atoms with Crippen molar-refractivity contribution in [3.63, 3.8) is 0 Å². The molecular weight excluding hydrogens is 232 g/mol. The van der Waals surface area contributed by atoms with Crippen molar-refractivity contribution in [2.24, 2.45) is 0 Å². The van der Waals surface area contributed by atoms with Gasteiger partial charge in [-0.1, -0.05) is 6.92 Å². The van der Waals surface area contributed by atoms with Gasteiger partial charge in [-0.15, -0.1) is 0 Å². The monoisotopic (exact) mass is 254 g/mol. The van der Waals surface area contributed by atoms with Crippen LogP contribution in [0.25, 0.3) is 0 Å². The number of methoxy groups -OCH3 is 1. The Balaban J connectivity index is 2.27. The molecule has 0 aliphatic carbocycles. The van der Waals surface area contributed by atoms with Gasteiger partial charge in [0.2, 0.25) is 0 Å². The highest BCUT2D eigenvalue weighted by molar-refractivity contribution is 5.29. The van der Waals surface area contributed by atoms with Crippen molar-refractivity contribution < 1.29 is 14.2 Å². The zero-order valence-corrected chi connectivity index (χ0v) is 11.1. The Morgan fingerprint density at radius 1 is 1.22 bits per heavy atom. The summed E-state index contributed by atoms with van der Waals surface area (Å²) in [7, 11) is 1.66. The fourth-order valence-corrected chi connectivity index (χ4v) is 1.40. The number of hydrogen-bond acceptors (Lipinski definition) is 5. The summed E-state index contributed by atoms with van der Waals surface area (Å²) in [6, 6.07) is 1.96. The maximum absolute atomic E-state index is 5.65. The summed E-state index contributed by atoms with van der Waals surface area (Å²) >= 11 is 0. The Hall–Kier alpha value is -1.17. The fourth-order valence-electron chi connectivity index (χ4n) is 1.40. The first-order chi connectivity index (χ1) is 8.88. The van der Waals surface area contributed by atoms with Crippen molar-refractivity contribution in [3.8, 4) is 5.75 Å². The SMILES string of the molecule is CCNCc1ccncc1OCCOCCOC. The number of aromatic nitrogens is 1. The third kappa shape index (κ3) is 5.95. The molecule has 0 spiro atoms. The molecule has 0 saturated heterocycles. The topological polar surface area (TPSA) is 52.6 Å². The van der Waals surface area contributed by atoms with Crippen LogP contribution < -0.4 is 10.1 Å². The van der Waals surface area contributed by atoms with Crippen molar-refractivity contribution in [2.45, 2.75) is 13.5 Å². The summed E-state index contributed by atoms with van der Waals surface area (Å²) in [4.78, 5) is 4.07. The van der Waals surface area contributed by atoms with Crippen LogP contribution in [0, 0.1) is 0 Å². The highest BCUT2D eigenvalue weighted by atomic mass is 16.5. The van der Waals surface area contributed by atoms with Crippen LogP contribution in [-0.2, 0) is 16.0 Å². The smallest absolute Gasteiger partial charge is 0.142 e. The molecule has 0 aromatic carbocycles. The summed E-state index contributed by atoms with van der Waals surface area (Å²) in [5, 5.41) is 3.27. The molecule has 1 rings (SSSR count). The molecule has 1 aromatic heterocycles. The Morgan fingerprint density at radius 3 is 2.83 bits per heavy atom. The molecule has 5 heteroatoms. The molecule has 0 bridgehead atoms. The number of nitrogens with zero attached hydrogens (tertiary/aromatic N) is 1. The van der Waals surface area contributed by atoms with Crippen LogP contribution >= 0.6 is 0 Å². The maximum Gasteiger partial charge on any atom is 0.142 e. The Labute approximate surface area is 108 Å². The largest absolute Gasteiger partial charge is 0.489 e. The summed E-state index contributed by atoms with van der Waals surface area (Å²) < 4.78 is 15.9. The third-order valence-corrected chi connectivity index (χ3v) is 2.35. The minimum atomic E-state index is 0.522. The molecule has 0 radical (unpaired) electrons. The van der Waals surface area contributed by atoms with Crippen LogP contribution in [-0.4, -0.2) is 45.1 Å². The molecule has 1 heterocycles. The average Bonchev–Trinajstić information content (AvgIpc) is 2.41. The first kappa shape index (κ1) is 14.9. The minimum Gasteiger partial charge on any atom is -0.489 e. The van der Waals surface area contributed by atoms with Crippen LogP contribution in [0.5, 0.6) is 5.75 Å². The Bertz CT molecular complexity index is 321. The van der Waals surface area contributed by atoms with Gasteiger partial charge < -0.3 is 19.5 Å². The number of pyridine rings is 1. The van der Waals surface area contributed by atoms with Crippen LogP contribution in [0.4, 0.5) is 0 Å². The van der Waals surface area contributed by atoms with E-state index in [9.17, 15) is 0 Å². The lowest BCUT2D eigenvalue weighted by molar-refractivity contribution is 0.0542. The van der Waals surface area contributed by atoms with Gasteiger partial charge in [0.15, 0.2) is 0 Å². The highest BCUT2D eigenvalue weighted by Crippen LogP contribution is 2.15. The van der Waals surface area contributed by atoms with E-state index in [0.717, 1.165) is 24.4 Å². The molecule has 0 aliphatic heterocycles. The molecule has 0 saturated carbocycles. The quantitative estimate of drug-likeness (QED) is 0.637. The molecular formula is C13H22N2O3. The van der Waals surface area contributed by atoms with Crippen molar-refractivity contribution in [3.05, 3.63) is 24.0 Å². The molecule has 5 nitrogen and oxygen atoms in total. The van der Waals surface area contributed by atoms with Gasteiger partial charge in [-0.3, -0.25) is 4.98 Å². The predicted octanol–water partition coefficient (Wildman–Crippen LogP) is 1.23. The van der Waals surface area contributed by atoms with Gasteiger partial charge in [0.25, 0.3) is 0 Å². The van der Waals surface area contributed by atoms with Crippen LogP contribution in [0.2, 0.25) is 0 Å². The first-order valence-corrected chi connectivity index (χ1v) is 6.21. The molecule has 18 heavy (non-hydrogen) atoms. The van der Waals surface area contributed by atoms with Gasteiger partial charge in [0.05, 0.1) is 26.0 Å². The lowest BCUT2D eigenvalue weighted by Crippen LogP contribution is -2.14. The number of hydrogen-bond donors (Lipinski definition) is 1. The second kappa shape index (κ2) is 9.82. The van der Waals surface area contributed by atoms with Gasteiger partial charge in [0.1, 0.15) is 12.4 Å². The Morgan fingerprint density at radius 2 is 2.06 bits per heavy atom. The number of nitrogens with one attached hydrogen (secondary N) is 1. The van der Waals surface area contributed by atoms with E-state index in [-0.39, 0.29) is 0 Å². The second-order valence-electron chi connectivity index (χ2n) is 3.72. The lowest BCUT2D eigenvalue weighted by Gasteiger charge is -2.11. The average molecular weight is 254 g/mol. The summed E-state index contributed by atoms with van der Waals surface area (Å²) in [5.41, 5.74) is 1.11. The molecule has 1 aromatic rings. The molecule has 102 valence electrons. The molecule has 0 unspecified atom stereocenters. The second-order valence-corrected chi connectivity index (χ2v) is 3.72. The van der Waals surface area contributed by atoms with Gasteiger partial charge in [0, 0.05) is 25.4 Å². The van der Waals surface area contributed by atoms with Crippen LogP contribution in [0.15, 0.2) is 18.5 Å². The normalized spacial score (nSPS) is 10.6. The zero-order chi connectivity index (χ0) is 13.1. The molecule has 0 fully saturated rings. The number of ether oxygens (including phenoxy) is 3. The van der Waals surface area contributed by atoms with E-state index in [1.807, 2.05) is 6.07 Å².